The lowest BCUT2D eigenvalue weighted by Gasteiger charge is -2.33. The molecule has 1 aliphatic heterocycles. The van der Waals surface area contributed by atoms with Crippen molar-refractivity contribution in [2.75, 3.05) is 32.7 Å². The molecule has 0 bridgehead atoms. The predicted molar refractivity (Wildman–Crippen MR) is 72.3 cm³/mol. The third kappa shape index (κ3) is 4.23. The molecule has 1 aliphatic carbocycles. The zero-order chi connectivity index (χ0) is 10.5. The highest BCUT2D eigenvalue weighted by Crippen LogP contribution is 2.30. The quantitative estimate of drug-likeness (QED) is 0.806. The van der Waals surface area contributed by atoms with Crippen LogP contribution in [0.3, 0.4) is 0 Å². The van der Waals surface area contributed by atoms with Gasteiger partial charge in [0.2, 0.25) is 0 Å². The van der Waals surface area contributed by atoms with Crippen molar-refractivity contribution in [3.8, 4) is 0 Å². The Kier molecular flexibility index (Phi) is 6.71. The second-order valence-electron chi connectivity index (χ2n) is 5.43. The van der Waals surface area contributed by atoms with Gasteiger partial charge < -0.3 is 10.2 Å². The Hall–Kier alpha value is 0.210. The van der Waals surface area contributed by atoms with Gasteiger partial charge in [-0.15, -0.1) is 12.4 Å². The molecule has 1 heterocycles. The van der Waals surface area contributed by atoms with E-state index in [9.17, 15) is 0 Å². The molecule has 1 saturated heterocycles. The van der Waals surface area contributed by atoms with Crippen molar-refractivity contribution in [1.29, 1.82) is 0 Å². The Balaban J connectivity index is 0.00000128. The lowest BCUT2D eigenvalue weighted by Crippen LogP contribution is -2.35. The molecular formula is C13H27ClN2. The number of nitrogens with zero attached hydrogens (tertiary/aromatic N) is 1. The monoisotopic (exact) mass is 246 g/mol. The van der Waals surface area contributed by atoms with E-state index < -0.39 is 0 Å². The Morgan fingerprint density at radius 1 is 1.06 bits per heavy atom. The van der Waals surface area contributed by atoms with Crippen LogP contribution in [0.1, 0.15) is 39.0 Å². The van der Waals surface area contributed by atoms with Crippen LogP contribution in [-0.2, 0) is 0 Å². The van der Waals surface area contributed by atoms with Crippen LogP contribution in [0.15, 0.2) is 0 Å². The van der Waals surface area contributed by atoms with Gasteiger partial charge in [-0.05, 0) is 37.8 Å². The first kappa shape index (κ1) is 14.3. The maximum atomic E-state index is 3.48. The molecular weight excluding hydrogens is 220 g/mol. The molecule has 0 spiro atoms. The maximum Gasteiger partial charge on any atom is 0.0107 e. The van der Waals surface area contributed by atoms with Gasteiger partial charge in [0, 0.05) is 19.6 Å². The summed E-state index contributed by atoms with van der Waals surface area (Å²) in [7, 11) is 0. The van der Waals surface area contributed by atoms with Gasteiger partial charge in [-0.25, -0.2) is 0 Å². The van der Waals surface area contributed by atoms with Crippen LogP contribution in [0.4, 0.5) is 0 Å². The minimum atomic E-state index is 0. The molecule has 2 fully saturated rings. The molecule has 0 aromatic carbocycles. The second-order valence-corrected chi connectivity index (χ2v) is 5.43. The lowest BCUT2D eigenvalue weighted by molar-refractivity contribution is 0.166. The van der Waals surface area contributed by atoms with E-state index in [1.54, 1.807) is 0 Å². The van der Waals surface area contributed by atoms with Gasteiger partial charge in [-0.3, -0.25) is 0 Å². The van der Waals surface area contributed by atoms with Gasteiger partial charge in [-0.1, -0.05) is 26.2 Å². The Morgan fingerprint density at radius 3 is 2.69 bits per heavy atom. The van der Waals surface area contributed by atoms with Crippen molar-refractivity contribution in [2.24, 2.45) is 11.8 Å². The highest BCUT2D eigenvalue weighted by molar-refractivity contribution is 5.85. The normalized spacial score (nSPS) is 32.8. The van der Waals surface area contributed by atoms with Crippen LogP contribution in [-0.4, -0.2) is 37.6 Å². The summed E-state index contributed by atoms with van der Waals surface area (Å²) >= 11 is 0. The first-order valence-corrected chi connectivity index (χ1v) is 6.79. The summed E-state index contributed by atoms with van der Waals surface area (Å²) in [5.41, 5.74) is 0. The van der Waals surface area contributed by atoms with Crippen molar-refractivity contribution in [3.63, 3.8) is 0 Å². The molecule has 1 N–H and O–H groups in total. The number of halogens is 1. The van der Waals surface area contributed by atoms with Gasteiger partial charge in [0.15, 0.2) is 0 Å². The van der Waals surface area contributed by atoms with Crippen molar-refractivity contribution in [2.45, 2.75) is 39.0 Å². The number of nitrogens with one attached hydrogen (secondary N) is 1. The summed E-state index contributed by atoms with van der Waals surface area (Å²) in [5, 5.41) is 3.48. The largest absolute Gasteiger partial charge is 0.315 e. The average Bonchev–Trinajstić information content (AvgIpc) is 2.50. The molecule has 1 saturated carbocycles. The van der Waals surface area contributed by atoms with Crippen LogP contribution in [0.25, 0.3) is 0 Å². The fraction of sp³-hybridized carbons (Fsp3) is 1.00. The lowest BCUT2D eigenvalue weighted by atomic mass is 9.80. The zero-order valence-corrected chi connectivity index (χ0v) is 11.4. The van der Waals surface area contributed by atoms with Crippen molar-refractivity contribution < 1.29 is 0 Å². The van der Waals surface area contributed by atoms with E-state index in [0.717, 1.165) is 11.8 Å². The van der Waals surface area contributed by atoms with Crippen LogP contribution in [0.5, 0.6) is 0 Å². The first-order valence-electron chi connectivity index (χ1n) is 6.79. The molecule has 2 rings (SSSR count). The van der Waals surface area contributed by atoms with Gasteiger partial charge in [0.05, 0.1) is 0 Å². The van der Waals surface area contributed by atoms with E-state index in [1.165, 1.54) is 64.8 Å². The Bertz CT molecular complexity index is 179. The van der Waals surface area contributed by atoms with Crippen LogP contribution < -0.4 is 5.32 Å². The molecule has 16 heavy (non-hydrogen) atoms. The molecule has 2 atom stereocenters. The molecule has 2 nitrogen and oxygen atoms in total. The zero-order valence-electron chi connectivity index (χ0n) is 10.6. The highest BCUT2D eigenvalue weighted by Gasteiger charge is 2.23. The van der Waals surface area contributed by atoms with Crippen molar-refractivity contribution in [3.05, 3.63) is 0 Å². The number of hydrogen-bond donors (Lipinski definition) is 1. The van der Waals surface area contributed by atoms with Gasteiger partial charge >= 0.3 is 0 Å². The number of rotatable bonds is 2. The van der Waals surface area contributed by atoms with E-state index in [1.807, 2.05) is 0 Å². The number of hydrogen-bond acceptors (Lipinski definition) is 2. The van der Waals surface area contributed by atoms with Crippen LogP contribution in [0.2, 0.25) is 0 Å². The highest BCUT2D eigenvalue weighted by atomic mass is 35.5. The molecule has 3 heteroatoms. The van der Waals surface area contributed by atoms with Crippen molar-refractivity contribution >= 4 is 12.4 Å². The third-order valence-corrected chi connectivity index (χ3v) is 4.21. The minimum Gasteiger partial charge on any atom is -0.315 e. The second kappa shape index (κ2) is 7.52. The molecule has 0 aromatic heterocycles. The smallest absolute Gasteiger partial charge is 0.0107 e. The molecule has 0 amide bonds. The summed E-state index contributed by atoms with van der Waals surface area (Å²) in [5.74, 6) is 1.95. The molecule has 0 radical (unpaired) electrons. The molecule has 96 valence electrons. The van der Waals surface area contributed by atoms with E-state index in [-0.39, 0.29) is 12.4 Å². The van der Waals surface area contributed by atoms with Gasteiger partial charge in [0.25, 0.3) is 0 Å². The van der Waals surface area contributed by atoms with Crippen LogP contribution >= 0.6 is 12.4 Å². The topological polar surface area (TPSA) is 15.3 Å². The Morgan fingerprint density at radius 2 is 1.88 bits per heavy atom. The first-order chi connectivity index (χ1) is 7.36. The summed E-state index contributed by atoms with van der Waals surface area (Å²) < 4.78 is 0. The molecule has 2 unspecified atom stereocenters. The van der Waals surface area contributed by atoms with Gasteiger partial charge in [-0.2, -0.15) is 0 Å². The summed E-state index contributed by atoms with van der Waals surface area (Å²) in [6.07, 6.45) is 7.23. The average molecular weight is 247 g/mol. The Labute approximate surface area is 107 Å². The molecule has 2 aliphatic rings. The SMILES string of the molecule is CC1CCCCC1CN1CCCNCC1.Cl. The van der Waals surface area contributed by atoms with E-state index >= 15 is 0 Å². The van der Waals surface area contributed by atoms with E-state index in [0.29, 0.717) is 0 Å². The fourth-order valence-corrected chi connectivity index (χ4v) is 3.08. The summed E-state index contributed by atoms with van der Waals surface area (Å²) in [4.78, 5) is 2.69. The maximum absolute atomic E-state index is 3.48. The van der Waals surface area contributed by atoms with E-state index in [4.69, 9.17) is 0 Å². The molecule has 0 aromatic rings. The fourth-order valence-electron chi connectivity index (χ4n) is 3.08. The predicted octanol–water partition coefficient (Wildman–Crippen LogP) is 2.53. The third-order valence-electron chi connectivity index (χ3n) is 4.21. The minimum absolute atomic E-state index is 0. The summed E-state index contributed by atoms with van der Waals surface area (Å²) in [6, 6.07) is 0. The van der Waals surface area contributed by atoms with Crippen molar-refractivity contribution in [1.82, 2.24) is 10.2 Å². The summed E-state index contributed by atoms with van der Waals surface area (Å²) in [6.45, 7) is 8.82. The van der Waals surface area contributed by atoms with Gasteiger partial charge in [0.1, 0.15) is 0 Å². The standard InChI is InChI=1S/C13H26N2.ClH/c1-12-5-2-3-6-13(12)11-15-9-4-7-14-8-10-15;/h12-14H,2-11H2,1H3;1H. The van der Waals surface area contributed by atoms with E-state index in [2.05, 4.69) is 17.1 Å². The van der Waals surface area contributed by atoms with Crippen LogP contribution in [0, 0.1) is 11.8 Å².